The standard InChI is InChI=1S/C41H79O9P/c1-3-5-7-9-11-13-15-17-18-19-20-22-24-26-28-30-32-34-47-37-40(38-49-51(45,46)48-36-39(43)35-42)50-41(44)33-31-29-27-25-23-21-16-14-12-10-8-6-4-2/h8,10,14,16,39-40,42-43H,3-7,9,11-13,15,17-38H2,1-2H3,(H,45,46)/b10-8-,16-14-. The summed E-state index contributed by atoms with van der Waals surface area (Å²) >= 11 is 0. The van der Waals surface area contributed by atoms with Crippen LogP contribution in [0.15, 0.2) is 24.3 Å². The number of hydrogen-bond acceptors (Lipinski definition) is 8. The molecule has 0 bridgehead atoms. The second-order valence-corrected chi connectivity index (χ2v) is 15.5. The summed E-state index contributed by atoms with van der Waals surface area (Å²) < 4.78 is 33.3. The van der Waals surface area contributed by atoms with Crippen LogP contribution in [0.1, 0.15) is 187 Å². The van der Waals surface area contributed by atoms with E-state index in [9.17, 15) is 19.4 Å². The lowest BCUT2D eigenvalue weighted by Gasteiger charge is -2.20. The Morgan fingerprint density at radius 3 is 1.65 bits per heavy atom. The minimum absolute atomic E-state index is 0.0474. The van der Waals surface area contributed by atoms with E-state index in [-0.39, 0.29) is 19.6 Å². The highest BCUT2D eigenvalue weighted by molar-refractivity contribution is 7.47. The molecule has 0 aliphatic carbocycles. The van der Waals surface area contributed by atoms with Gasteiger partial charge in [0, 0.05) is 13.0 Å². The lowest BCUT2D eigenvalue weighted by atomic mass is 10.0. The first kappa shape index (κ1) is 49.9. The number of allylic oxidation sites excluding steroid dienone is 4. The Balaban J connectivity index is 4.16. The van der Waals surface area contributed by atoms with Gasteiger partial charge in [0.1, 0.15) is 12.2 Å². The molecule has 0 fully saturated rings. The summed E-state index contributed by atoms with van der Waals surface area (Å²) in [4.78, 5) is 22.5. The molecule has 0 aromatic rings. The van der Waals surface area contributed by atoms with Crippen molar-refractivity contribution in [3.8, 4) is 0 Å². The van der Waals surface area contributed by atoms with Gasteiger partial charge in [-0.2, -0.15) is 0 Å². The molecule has 51 heavy (non-hydrogen) atoms. The number of carbonyl (C=O) groups is 1. The van der Waals surface area contributed by atoms with E-state index >= 15 is 0 Å². The molecule has 0 saturated heterocycles. The van der Waals surface area contributed by atoms with Gasteiger partial charge in [0.15, 0.2) is 0 Å². The fourth-order valence-corrected chi connectivity index (χ4v) is 6.48. The summed E-state index contributed by atoms with van der Waals surface area (Å²) in [5.41, 5.74) is 0. The molecule has 0 rings (SSSR count). The minimum Gasteiger partial charge on any atom is -0.457 e. The quantitative estimate of drug-likeness (QED) is 0.0242. The van der Waals surface area contributed by atoms with Crippen molar-refractivity contribution >= 4 is 13.8 Å². The molecule has 0 aliphatic rings. The molecule has 0 aliphatic heterocycles. The first-order valence-corrected chi connectivity index (χ1v) is 22.3. The van der Waals surface area contributed by atoms with E-state index in [1.165, 1.54) is 103 Å². The number of esters is 1. The van der Waals surface area contributed by atoms with Crippen molar-refractivity contribution in [2.24, 2.45) is 0 Å². The molecule has 3 N–H and O–H groups in total. The molecule has 0 aromatic heterocycles. The van der Waals surface area contributed by atoms with Crippen LogP contribution in [0.2, 0.25) is 0 Å². The summed E-state index contributed by atoms with van der Waals surface area (Å²) in [5, 5.41) is 18.3. The smallest absolute Gasteiger partial charge is 0.457 e. The van der Waals surface area contributed by atoms with Crippen LogP contribution in [0.3, 0.4) is 0 Å². The molecule has 3 unspecified atom stereocenters. The molecule has 0 saturated carbocycles. The maximum atomic E-state index is 12.6. The molecular weight excluding hydrogens is 667 g/mol. The predicted molar refractivity (Wildman–Crippen MR) is 210 cm³/mol. The van der Waals surface area contributed by atoms with Crippen LogP contribution in [0.4, 0.5) is 0 Å². The largest absolute Gasteiger partial charge is 0.472 e. The highest BCUT2D eigenvalue weighted by atomic mass is 31.2. The van der Waals surface area contributed by atoms with Crippen molar-refractivity contribution < 1.29 is 43.0 Å². The number of aliphatic hydroxyl groups is 2. The van der Waals surface area contributed by atoms with Gasteiger partial charge in [0.25, 0.3) is 0 Å². The third kappa shape index (κ3) is 38.5. The van der Waals surface area contributed by atoms with Crippen molar-refractivity contribution in [3.63, 3.8) is 0 Å². The Bertz CT molecular complexity index is 851. The zero-order valence-electron chi connectivity index (χ0n) is 32.8. The maximum absolute atomic E-state index is 12.6. The molecule has 0 aromatic carbocycles. The Labute approximate surface area is 313 Å². The molecule has 0 spiro atoms. The van der Waals surface area contributed by atoms with E-state index in [2.05, 4.69) is 38.2 Å². The zero-order chi connectivity index (χ0) is 37.5. The lowest BCUT2D eigenvalue weighted by molar-refractivity contribution is -0.154. The van der Waals surface area contributed by atoms with E-state index in [0.717, 1.165) is 57.8 Å². The predicted octanol–water partition coefficient (Wildman–Crippen LogP) is 11.1. The Kier molecular flexibility index (Phi) is 37.9. The average molecular weight is 747 g/mol. The van der Waals surface area contributed by atoms with Crippen LogP contribution < -0.4 is 0 Å². The molecule has 0 amide bonds. The summed E-state index contributed by atoms with van der Waals surface area (Å²) in [6, 6.07) is 0. The van der Waals surface area contributed by atoms with Crippen molar-refractivity contribution in [1.82, 2.24) is 0 Å². The van der Waals surface area contributed by atoms with Crippen LogP contribution in [-0.2, 0) is 27.9 Å². The number of unbranched alkanes of at least 4 members (excludes halogenated alkanes) is 22. The van der Waals surface area contributed by atoms with Crippen LogP contribution in [0, 0.1) is 0 Å². The molecule has 0 radical (unpaired) electrons. The monoisotopic (exact) mass is 747 g/mol. The maximum Gasteiger partial charge on any atom is 0.472 e. The van der Waals surface area contributed by atoms with Crippen LogP contribution in [0.25, 0.3) is 0 Å². The molecule has 10 heteroatoms. The van der Waals surface area contributed by atoms with Crippen LogP contribution >= 0.6 is 7.82 Å². The minimum atomic E-state index is -4.51. The Hall–Kier alpha value is -1.06. The molecule has 302 valence electrons. The number of phosphoric ester groups is 1. The Morgan fingerprint density at radius 1 is 0.608 bits per heavy atom. The normalized spacial score (nSPS) is 14.4. The molecule has 3 atom stereocenters. The SMILES string of the molecule is CCC/C=C\C/C=C\CCCCCCCC(=O)OC(COCCCCCCCCCCCCCCCCCCC)COP(=O)(O)OCC(O)CO. The van der Waals surface area contributed by atoms with E-state index in [1.54, 1.807) is 0 Å². The second-order valence-electron chi connectivity index (χ2n) is 14.0. The van der Waals surface area contributed by atoms with E-state index in [1.807, 2.05) is 0 Å². The number of rotatable bonds is 40. The van der Waals surface area contributed by atoms with Gasteiger partial charge in [-0.05, 0) is 38.5 Å². The third-order valence-corrected chi connectivity index (χ3v) is 9.82. The number of hydrogen-bond donors (Lipinski definition) is 3. The number of ether oxygens (including phenoxy) is 2. The number of aliphatic hydroxyl groups excluding tert-OH is 2. The van der Waals surface area contributed by atoms with Crippen molar-refractivity contribution in [3.05, 3.63) is 24.3 Å². The number of phosphoric acid groups is 1. The summed E-state index contributed by atoms with van der Waals surface area (Å²) in [6.07, 6.45) is 38.5. The fraction of sp³-hybridized carbons (Fsp3) is 0.878. The highest BCUT2D eigenvalue weighted by Crippen LogP contribution is 2.43. The number of carbonyl (C=O) groups excluding carboxylic acids is 1. The van der Waals surface area contributed by atoms with Gasteiger partial charge >= 0.3 is 13.8 Å². The summed E-state index contributed by atoms with van der Waals surface area (Å²) in [7, 11) is -4.51. The second kappa shape index (κ2) is 38.7. The van der Waals surface area contributed by atoms with Gasteiger partial charge < -0.3 is 24.6 Å². The van der Waals surface area contributed by atoms with Crippen molar-refractivity contribution in [1.29, 1.82) is 0 Å². The highest BCUT2D eigenvalue weighted by Gasteiger charge is 2.26. The van der Waals surface area contributed by atoms with E-state index in [0.29, 0.717) is 13.0 Å². The van der Waals surface area contributed by atoms with Gasteiger partial charge in [-0.1, -0.05) is 167 Å². The third-order valence-electron chi connectivity index (χ3n) is 8.87. The first-order chi connectivity index (χ1) is 24.8. The molecule has 9 nitrogen and oxygen atoms in total. The van der Waals surface area contributed by atoms with Crippen molar-refractivity contribution in [2.45, 2.75) is 199 Å². The van der Waals surface area contributed by atoms with Crippen LogP contribution in [0.5, 0.6) is 0 Å². The van der Waals surface area contributed by atoms with Gasteiger partial charge in [-0.25, -0.2) is 4.57 Å². The van der Waals surface area contributed by atoms with Gasteiger partial charge in [-0.3, -0.25) is 13.8 Å². The van der Waals surface area contributed by atoms with Crippen molar-refractivity contribution in [2.75, 3.05) is 33.0 Å². The Morgan fingerprint density at radius 2 is 1.10 bits per heavy atom. The lowest BCUT2D eigenvalue weighted by Crippen LogP contribution is -2.29. The first-order valence-electron chi connectivity index (χ1n) is 20.8. The van der Waals surface area contributed by atoms with E-state index in [4.69, 9.17) is 23.6 Å². The summed E-state index contributed by atoms with van der Waals surface area (Å²) in [5.74, 6) is -0.395. The van der Waals surface area contributed by atoms with Gasteiger partial charge in [0.05, 0.1) is 26.4 Å². The topological polar surface area (TPSA) is 132 Å². The van der Waals surface area contributed by atoms with Gasteiger partial charge in [-0.15, -0.1) is 0 Å². The summed E-state index contributed by atoms with van der Waals surface area (Å²) in [6.45, 7) is 3.46. The molecule has 0 heterocycles. The average Bonchev–Trinajstić information content (AvgIpc) is 3.12. The van der Waals surface area contributed by atoms with E-state index < -0.39 is 39.2 Å². The van der Waals surface area contributed by atoms with Gasteiger partial charge in [0.2, 0.25) is 0 Å². The fourth-order valence-electron chi connectivity index (χ4n) is 5.69. The van der Waals surface area contributed by atoms with Crippen LogP contribution in [-0.4, -0.2) is 66.3 Å². The molecular formula is C41H79O9P. The zero-order valence-corrected chi connectivity index (χ0v) is 33.7.